The van der Waals surface area contributed by atoms with E-state index in [9.17, 15) is 19.2 Å². The summed E-state index contributed by atoms with van der Waals surface area (Å²) in [5, 5.41) is 8.12. The van der Waals surface area contributed by atoms with E-state index in [1.807, 2.05) is 0 Å². The summed E-state index contributed by atoms with van der Waals surface area (Å²) in [4.78, 5) is 56.1. The second kappa shape index (κ2) is 7.57. The van der Waals surface area contributed by atoms with Gasteiger partial charge in [0, 0.05) is 42.4 Å². The standard InChI is InChI=1S/C24H20N6O6/c1-29-17(8-19(31)28-29)14-5-13-6-18(36-20(13)25-9-14)24(22(33)26-23(34)27-24)11-30-10-12-3-4-15(35-2)7-16(12)21(30)32/h3-9H,10-11H2,1-2H3,(H,28,31)(H2,26,27,33,34). The number of methoxy groups -OCH3 is 1. The zero-order chi connectivity index (χ0) is 25.2. The van der Waals surface area contributed by atoms with Gasteiger partial charge >= 0.3 is 6.03 Å². The highest BCUT2D eigenvalue weighted by atomic mass is 16.5. The lowest BCUT2D eigenvalue weighted by Gasteiger charge is -2.28. The molecule has 36 heavy (non-hydrogen) atoms. The molecule has 4 amide bonds. The molecule has 4 aromatic rings. The van der Waals surface area contributed by atoms with Crippen molar-refractivity contribution in [3.63, 3.8) is 0 Å². The molecule has 6 rings (SSSR count). The zero-order valence-electron chi connectivity index (χ0n) is 19.2. The number of nitrogens with one attached hydrogen (secondary N) is 3. The van der Waals surface area contributed by atoms with Crippen molar-refractivity contribution in [2.75, 3.05) is 13.7 Å². The first-order valence-electron chi connectivity index (χ1n) is 11.0. The number of imide groups is 1. The van der Waals surface area contributed by atoms with Gasteiger partial charge in [0.2, 0.25) is 5.71 Å². The molecule has 1 atom stereocenters. The number of furan rings is 1. The van der Waals surface area contributed by atoms with E-state index < -0.39 is 17.5 Å². The van der Waals surface area contributed by atoms with Crippen LogP contribution in [-0.4, -0.2) is 51.2 Å². The van der Waals surface area contributed by atoms with E-state index in [-0.39, 0.29) is 36.0 Å². The predicted octanol–water partition coefficient (Wildman–Crippen LogP) is 1.22. The highest BCUT2D eigenvalue weighted by Crippen LogP contribution is 2.35. The summed E-state index contributed by atoms with van der Waals surface area (Å²) in [7, 11) is 3.22. The summed E-state index contributed by atoms with van der Waals surface area (Å²) in [6.07, 6.45) is 1.55. The van der Waals surface area contributed by atoms with Crippen LogP contribution in [0.5, 0.6) is 5.75 Å². The van der Waals surface area contributed by atoms with Gasteiger partial charge in [-0.15, -0.1) is 0 Å². The lowest BCUT2D eigenvalue weighted by Crippen LogP contribution is -2.52. The second-order valence-corrected chi connectivity index (χ2v) is 8.79. The van der Waals surface area contributed by atoms with Crippen LogP contribution in [-0.2, 0) is 23.9 Å². The van der Waals surface area contributed by atoms with Crippen molar-refractivity contribution in [2.45, 2.75) is 12.1 Å². The molecule has 0 aliphatic carbocycles. The molecule has 0 saturated carbocycles. The number of aryl methyl sites for hydroxylation is 1. The fraction of sp³-hybridized carbons (Fsp3) is 0.208. The number of pyridine rings is 1. The number of hydrogen-bond donors (Lipinski definition) is 3. The first kappa shape index (κ1) is 21.6. The molecule has 3 aromatic heterocycles. The molecule has 1 saturated heterocycles. The van der Waals surface area contributed by atoms with Gasteiger partial charge in [-0.3, -0.25) is 29.5 Å². The molecule has 12 heteroatoms. The van der Waals surface area contributed by atoms with E-state index in [0.717, 1.165) is 5.56 Å². The van der Waals surface area contributed by atoms with E-state index in [1.165, 1.54) is 18.1 Å². The quantitative estimate of drug-likeness (QED) is 0.357. The average molecular weight is 488 g/mol. The summed E-state index contributed by atoms with van der Waals surface area (Å²) in [5.41, 5.74) is 0.872. The number of urea groups is 1. The van der Waals surface area contributed by atoms with Gasteiger partial charge in [0.25, 0.3) is 17.4 Å². The van der Waals surface area contributed by atoms with Crippen molar-refractivity contribution >= 4 is 28.9 Å². The Morgan fingerprint density at radius 2 is 1.97 bits per heavy atom. The molecular formula is C24H20N6O6. The molecule has 12 nitrogen and oxygen atoms in total. The van der Waals surface area contributed by atoms with Gasteiger partial charge in [0.05, 0.1) is 19.3 Å². The van der Waals surface area contributed by atoms with E-state index in [2.05, 4.69) is 20.7 Å². The molecule has 0 radical (unpaired) electrons. The third kappa shape index (κ3) is 3.18. The molecule has 3 N–H and O–H groups in total. The van der Waals surface area contributed by atoms with Crippen LogP contribution in [0.3, 0.4) is 0 Å². The molecular weight excluding hydrogens is 468 g/mol. The van der Waals surface area contributed by atoms with Crippen LogP contribution < -0.4 is 20.9 Å². The topological polar surface area (TPSA) is 152 Å². The maximum absolute atomic E-state index is 13.2. The van der Waals surface area contributed by atoms with Crippen LogP contribution >= 0.6 is 0 Å². The van der Waals surface area contributed by atoms with Crippen molar-refractivity contribution in [1.29, 1.82) is 0 Å². The number of aromatic amines is 1. The number of benzene rings is 1. The Kier molecular flexibility index (Phi) is 4.55. The minimum Gasteiger partial charge on any atom is -0.497 e. The highest BCUT2D eigenvalue weighted by molar-refractivity contribution is 6.08. The number of hydrogen-bond acceptors (Lipinski definition) is 7. The predicted molar refractivity (Wildman–Crippen MR) is 125 cm³/mol. The van der Waals surface area contributed by atoms with E-state index >= 15 is 0 Å². The Morgan fingerprint density at radius 1 is 1.14 bits per heavy atom. The van der Waals surface area contributed by atoms with Crippen LogP contribution in [0.25, 0.3) is 22.4 Å². The molecule has 2 aliphatic heterocycles. The Balaban J connectivity index is 1.39. The second-order valence-electron chi connectivity index (χ2n) is 8.79. The largest absolute Gasteiger partial charge is 0.497 e. The lowest BCUT2D eigenvalue weighted by molar-refractivity contribution is -0.125. The van der Waals surface area contributed by atoms with Gasteiger partial charge in [-0.2, -0.15) is 0 Å². The Labute approximate surface area is 202 Å². The van der Waals surface area contributed by atoms with Crippen LogP contribution in [0.2, 0.25) is 0 Å². The number of ether oxygens (including phenoxy) is 1. The molecule has 1 aromatic carbocycles. The number of amides is 4. The number of H-pyrrole nitrogens is 1. The Bertz CT molecular complexity index is 1650. The monoisotopic (exact) mass is 488 g/mol. The number of rotatable bonds is 5. The van der Waals surface area contributed by atoms with Gasteiger partial charge in [-0.25, -0.2) is 9.78 Å². The lowest BCUT2D eigenvalue weighted by atomic mass is 9.95. The fourth-order valence-electron chi connectivity index (χ4n) is 4.77. The highest BCUT2D eigenvalue weighted by Gasteiger charge is 2.53. The van der Waals surface area contributed by atoms with Crippen molar-refractivity contribution in [2.24, 2.45) is 7.05 Å². The van der Waals surface area contributed by atoms with Crippen molar-refractivity contribution < 1.29 is 23.5 Å². The van der Waals surface area contributed by atoms with E-state index in [0.29, 0.717) is 28.0 Å². The maximum Gasteiger partial charge on any atom is 0.322 e. The number of carbonyl (C=O) groups is 3. The van der Waals surface area contributed by atoms with E-state index in [4.69, 9.17) is 9.15 Å². The SMILES string of the molecule is COc1ccc2c(c1)C(=O)N(CC1(c3cc4cc(-c5cc(=O)[nH]n5C)cnc4o3)NC(=O)NC1=O)C2. The summed E-state index contributed by atoms with van der Waals surface area (Å²) in [6.45, 7) is 0.104. The molecule has 0 bridgehead atoms. The summed E-state index contributed by atoms with van der Waals surface area (Å²) in [5.74, 6) is -0.247. The van der Waals surface area contributed by atoms with Crippen molar-refractivity contribution in [1.82, 2.24) is 30.3 Å². The normalized spacial score (nSPS) is 19.1. The molecule has 5 heterocycles. The molecule has 182 valence electrons. The first-order valence-corrected chi connectivity index (χ1v) is 11.0. The number of fused-ring (bicyclic) bond motifs is 2. The maximum atomic E-state index is 13.2. The molecule has 2 aliphatic rings. The van der Waals surface area contributed by atoms with Crippen LogP contribution in [0.1, 0.15) is 21.7 Å². The number of aromatic nitrogens is 3. The smallest absolute Gasteiger partial charge is 0.322 e. The van der Waals surface area contributed by atoms with Gasteiger partial charge in [-0.1, -0.05) is 6.07 Å². The van der Waals surface area contributed by atoms with Gasteiger partial charge in [-0.05, 0) is 29.8 Å². The summed E-state index contributed by atoms with van der Waals surface area (Å²) in [6, 6.07) is 9.34. The molecule has 1 unspecified atom stereocenters. The molecule has 1 fully saturated rings. The van der Waals surface area contributed by atoms with Crippen LogP contribution in [0.4, 0.5) is 4.79 Å². The van der Waals surface area contributed by atoms with Crippen LogP contribution in [0, 0.1) is 0 Å². The summed E-state index contributed by atoms with van der Waals surface area (Å²) >= 11 is 0. The fourth-order valence-corrected chi connectivity index (χ4v) is 4.77. The van der Waals surface area contributed by atoms with Crippen molar-refractivity contribution in [3.05, 3.63) is 69.8 Å². The zero-order valence-corrected chi connectivity index (χ0v) is 19.2. The van der Waals surface area contributed by atoms with Gasteiger partial charge in [0.1, 0.15) is 11.5 Å². The molecule has 0 spiro atoms. The minimum absolute atomic E-state index is 0.134. The van der Waals surface area contributed by atoms with Crippen molar-refractivity contribution in [3.8, 4) is 17.0 Å². The number of carbonyl (C=O) groups excluding carboxylic acids is 3. The summed E-state index contributed by atoms with van der Waals surface area (Å²) < 4.78 is 12.7. The third-order valence-corrected chi connectivity index (χ3v) is 6.56. The van der Waals surface area contributed by atoms with Gasteiger partial charge < -0.3 is 19.4 Å². The van der Waals surface area contributed by atoms with Gasteiger partial charge in [0.15, 0.2) is 5.54 Å². The Morgan fingerprint density at radius 3 is 2.67 bits per heavy atom. The van der Waals surface area contributed by atoms with Crippen LogP contribution in [0.15, 0.2) is 51.8 Å². The third-order valence-electron chi connectivity index (χ3n) is 6.56. The number of nitrogens with zero attached hydrogens (tertiary/aromatic N) is 3. The first-order chi connectivity index (χ1) is 17.3. The average Bonchev–Trinajstić information content (AvgIpc) is 3.58. The minimum atomic E-state index is -1.65. The van der Waals surface area contributed by atoms with E-state index in [1.54, 1.807) is 48.3 Å². The Hall–Kier alpha value is -4.87.